The minimum absolute atomic E-state index is 0. The number of amides is 1. The molecule has 1 amide bonds. The van der Waals surface area contributed by atoms with Gasteiger partial charge in [0.1, 0.15) is 0 Å². The van der Waals surface area contributed by atoms with Crippen LogP contribution in [0.5, 0.6) is 0 Å². The molecule has 3 N–H and O–H groups in total. The van der Waals surface area contributed by atoms with Gasteiger partial charge in [-0.25, -0.2) is 0 Å². The molecule has 5 nitrogen and oxygen atoms in total. The maximum Gasteiger partial charge on any atom is 0.221 e. The van der Waals surface area contributed by atoms with E-state index >= 15 is 0 Å². The molecule has 0 spiro atoms. The third-order valence-corrected chi connectivity index (χ3v) is 3.78. The summed E-state index contributed by atoms with van der Waals surface area (Å²) in [5.41, 5.74) is 0.930. The first kappa shape index (κ1) is 23.3. The molecule has 1 atom stereocenters. The summed E-state index contributed by atoms with van der Waals surface area (Å²) in [5.74, 6) is 0.649. The van der Waals surface area contributed by atoms with Crippen LogP contribution in [0.2, 0.25) is 10.0 Å². The predicted octanol–water partition coefficient (Wildman–Crippen LogP) is 3.75. The van der Waals surface area contributed by atoms with Crippen molar-refractivity contribution in [3.05, 3.63) is 33.8 Å². The summed E-state index contributed by atoms with van der Waals surface area (Å²) in [6.45, 7) is 5.22. The first-order chi connectivity index (χ1) is 11.0. The second-order valence-electron chi connectivity index (χ2n) is 5.13. The number of rotatable bonds is 7. The van der Waals surface area contributed by atoms with Gasteiger partial charge >= 0.3 is 0 Å². The molecule has 0 aliphatic carbocycles. The van der Waals surface area contributed by atoms with E-state index < -0.39 is 0 Å². The van der Waals surface area contributed by atoms with Crippen molar-refractivity contribution < 1.29 is 4.79 Å². The van der Waals surface area contributed by atoms with Gasteiger partial charge in [0.15, 0.2) is 5.96 Å². The van der Waals surface area contributed by atoms with E-state index in [9.17, 15) is 4.79 Å². The lowest BCUT2D eigenvalue weighted by molar-refractivity contribution is -0.120. The van der Waals surface area contributed by atoms with Gasteiger partial charge in [0.05, 0.1) is 6.04 Å². The SMILES string of the molecule is CCCNC(=O)CCNC(=NC)NC(C)c1ccc(Cl)cc1Cl.I. The fraction of sp³-hybridized carbons (Fsp3) is 0.500. The highest BCUT2D eigenvalue weighted by atomic mass is 127. The van der Waals surface area contributed by atoms with E-state index in [1.54, 1.807) is 19.2 Å². The van der Waals surface area contributed by atoms with Gasteiger partial charge in [-0.15, -0.1) is 24.0 Å². The highest BCUT2D eigenvalue weighted by Gasteiger charge is 2.12. The van der Waals surface area contributed by atoms with Gasteiger partial charge in [-0.05, 0) is 31.0 Å². The number of carbonyl (C=O) groups is 1. The number of nitrogens with zero attached hydrogens (tertiary/aromatic N) is 1. The third kappa shape index (κ3) is 8.39. The summed E-state index contributed by atoms with van der Waals surface area (Å²) in [5, 5.41) is 10.4. The smallest absolute Gasteiger partial charge is 0.221 e. The molecule has 24 heavy (non-hydrogen) atoms. The van der Waals surface area contributed by atoms with Crippen LogP contribution in [-0.2, 0) is 4.79 Å². The van der Waals surface area contributed by atoms with E-state index in [0.29, 0.717) is 35.5 Å². The van der Waals surface area contributed by atoms with Gasteiger partial charge in [-0.1, -0.05) is 36.2 Å². The molecular weight excluding hydrogens is 462 g/mol. The lowest BCUT2D eigenvalue weighted by atomic mass is 10.1. The molecule has 1 rings (SSSR count). The number of hydrogen-bond acceptors (Lipinski definition) is 2. The van der Waals surface area contributed by atoms with Gasteiger partial charge in [0.2, 0.25) is 5.91 Å². The van der Waals surface area contributed by atoms with E-state index in [4.69, 9.17) is 23.2 Å². The number of aliphatic imine (C=N–C) groups is 1. The fourth-order valence-corrected chi connectivity index (χ4v) is 2.55. The van der Waals surface area contributed by atoms with E-state index in [0.717, 1.165) is 12.0 Å². The zero-order chi connectivity index (χ0) is 17.2. The molecule has 0 radical (unpaired) electrons. The summed E-state index contributed by atoms with van der Waals surface area (Å²) in [4.78, 5) is 15.7. The topological polar surface area (TPSA) is 65.5 Å². The van der Waals surface area contributed by atoms with Crippen LogP contribution < -0.4 is 16.0 Å². The summed E-state index contributed by atoms with van der Waals surface area (Å²) in [6, 6.07) is 5.35. The monoisotopic (exact) mass is 486 g/mol. The number of carbonyl (C=O) groups excluding carboxylic acids is 1. The minimum atomic E-state index is -0.0418. The van der Waals surface area contributed by atoms with Crippen molar-refractivity contribution in [3.8, 4) is 0 Å². The Hall–Kier alpha value is -0.730. The van der Waals surface area contributed by atoms with Gasteiger partial charge in [-0.3, -0.25) is 9.79 Å². The van der Waals surface area contributed by atoms with Gasteiger partial charge in [0, 0.05) is 36.6 Å². The highest BCUT2D eigenvalue weighted by Crippen LogP contribution is 2.25. The van der Waals surface area contributed by atoms with Gasteiger partial charge in [0.25, 0.3) is 0 Å². The molecular formula is C16H25Cl2IN4O. The summed E-state index contributed by atoms with van der Waals surface area (Å²) in [6.07, 6.45) is 1.33. The molecule has 0 saturated carbocycles. The Balaban J connectivity index is 0.00000529. The van der Waals surface area contributed by atoms with Crippen LogP contribution in [0.1, 0.15) is 38.3 Å². The molecule has 0 aromatic heterocycles. The van der Waals surface area contributed by atoms with E-state index in [-0.39, 0.29) is 35.9 Å². The Kier molecular flexibility index (Phi) is 12.2. The molecule has 1 aromatic carbocycles. The van der Waals surface area contributed by atoms with Crippen LogP contribution in [0, 0.1) is 0 Å². The predicted molar refractivity (Wildman–Crippen MR) is 113 cm³/mol. The van der Waals surface area contributed by atoms with E-state index in [1.807, 2.05) is 19.9 Å². The van der Waals surface area contributed by atoms with Crippen LogP contribution in [0.3, 0.4) is 0 Å². The van der Waals surface area contributed by atoms with Crippen molar-refractivity contribution in [2.24, 2.45) is 4.99 Å². The number of nitrogens with one attached hydrogen (secondary N) is 3. The summed E-state index contributed by atoms with van der Waals surface area (Å²) >= 11 is 12.1. The molecule has 1 unspecified atom stereocenters. The average molecular weight is 487 g/mol. The average Bonchev–Trinajstić information content (AvgIpc) is 2.51. The molecule has 0 bridgehead atoms. The van der Waals surface area contributed by atoms with Crippen LogP contribution in [0.15, 0.2) is 23.2 Å². The first-order valence-corrected chi connectivity index (χ1v) is 8.42. The lowest BCUT2D eigenvalue weighted by Gasteiger charge is -2.19. The van der Waals surface area contributed by atoms with Crippen molar-refractivity contribution in [1.29, 1.82) is 0 Å². The Labute approximate surface area is 171 Å². The van der Waals surface area contributed by atoms with Gasteiger partial charge in [-0.2, -0.15) is 0 Å². The molecule has 136 valence electrons. The van der Waals surface area contributed by atoms with Gasteiger partial charge < -0.3 is 16.0 Å². The summed E-state index contributed by atoms with van der Waals surface area (Å²) < 4.78 is 0. The number of guanidine groups is 1. The minimum Gasteiger partial charge on any atom is -0.356 e. The first-order valence-electron chi connectivity index (χ1n) is 7.66. The van der Waals surface area contributed by atoms with Crippen LogP contribution >= 0.6 is 47.2 Å². The van der Waals surface area contributed by atoms with Crippen molar-refractivity contribution in [2.75, 3.05) is 20.1 Å². The Bertz CT molecular complexity index is 555. The van der Waals surface area contributed by atoms with Crippen molar-refractivity contribution in [3.63, 3.8) is 0 Å². The molecule has 1 aromatic rings. The second-order valence-corrected chi connectivity index (χ2v) is 5.97. The molecule has 0 heterocycles. The molecule has 8 heteroatoms. The zero-order valence-corrected chi connectivity index (χ0v) is 18.0. The molecule has 0 aliphatic rings. The Morgan fingerprint density at radius 1 is 1.25 bits per heavy atom. The van der Waals surface area contributed by atoms with Crippen molar-refractivity contribution in [2.45, 2.75) is 32.7 Å². The molecule has 0 aliphatic heterocycles. The maximum atomic E-state index is 11.6. The second kappa shape index (κ2) is 12.6. The van der Waals surface area contributed by atoms with E-state index in [1.165, 1.54) is 0 Å². The molecule has 0 fully saturated rings. The van der Waals surface area contributed by atoms with Crippen LogP contribution in [-0.4, -0.2) is 32.0 Å². The van der Waals surface area contributed by atoms with E-state index in [2.05, 4.69) is 20.9 Å². The summed E-state index contributed by atoms with van der Waals surface area (Å²) in [7, 11) is 1.68. The quantitative estimate of drug-likeness (QED) is 0.312. The number of benzene rings is 1. The number of hydrogen-bond donors (Lipinski definition) is 3. The van der Waals surface area contributed by atoms with Crippen LogP contribution in [0.4, 0.5) is 0 Å². The standard InChI is InChI=1S/C16H24Cl2N4O.HI/c1-4-8-20-15(23)7-9-21-16(19-3)22-11(2)13-6-5-12(17)10-14(13)18;/h5-6,10-11H,4,7-9H2,1-3H3,(H,20,23)(H2,19,21,22);1H. The number of halogens is 3. The molecule has 0 saturated heterocycles. The lowest BCUT2D eigenvalue weighted by Crippen LogP contribution is -2.40. The van der Waals surface area contributed by atoms with Crippen LogP contribution in [0.25, 0.3) is 0 Å². The third-order valence-electron chi connectivity index (χ3n) is 3.22. The maximum absolute atomic E-state index is 11.6. The fourth-order valence-electron chi connectivity index (χ4n) is 1.98. The Morgan fingerprint density at radius 3 is 2.54 bits per heavy atom. The highest BCUT2D eigenvalue weighted by molar-refractivity contribution is 14.0. The normalized spacial score (nSPS) is 12.1. The van der Waals surface area contributed by atoms with Crippen molar-refractivity contribution >= 4 is 59.0 Å². The zero-order valence-electron chi connectivity index (χ0n) is 14.2. The Morgan fingerprint density at radius 2 is 1.96 bits per heavy atom. The largest absolute Gasteiger partial charge is 0.356 e. The van der Waals surface area contributed by atoms with Crippen molar-refractivity contribution in [1.82, 2.24) is 16.0 Å².